The Morgan fingerprint density at radius 3 is 2.50 bits per heavy atom. The van der Waals surface area contributed by atoms with Crippen LogP contribution in [0.15, 0.2) is 36.4 Å². The molecule has 1 atom stereocenters. The zero-order valence-corrected chi connectivity index (χ0v) is 16.2. The molecule has 2 N–H and O–H groups in total. The summed E-state index contributed by atoms with van der Waals surface area (Å²) >= 11 is 11.7. The summed E-state index contributed by atoms with van der Waals surface area (Å²) in [7, 11) is 1.58. The Kier molecular flexibility index (Phi) is 6.89. The third-order valence-corrected chi connectivity index (χ3v) is 4.56. The van der Waals surface area contributed by atoms with Gasteiger partial charge in [0.05, 0.1) is 29.7 Å². The first kappa shape index (κ1) is 20.1. The van der Waals surface area contributed by atoms with E-state index in [1.165, 1.54) is 12.1 Å². The fourth-order valence-corrected chi connectivity index (χ4v) is 2.76. The van der Waals surface area contributed by atoms with Crippen LogP contribution < -0.4 is 15.4 Å². The highest BCUT2D eigenvalue weighted by Gasteiger charge is 2.15. The van der Waals surface area contributed by atoms with E-state index >= 15 is 0 Å². The number of hydrogen-bond donors (Lipinski definition) is 2. The van der Waals surface area contributed by atoms with Gasteiger partial charge in [0.2, 0.25) is 5.91 Å². The highest BCUT2D eigenvalue weighted by molar-refractivity contribution is 6.42. The van der Waals surface area contributed by atoms with Crippen LogP contribution in [0.1, 0.15) is 34.5 Å². The largest absolute Gasteiger partial charge is 0.496 e. The van der Waals surface area contributed by atoms with E-state index in [1.807, 2.05) is 32.0 Å². The van der Waals surface area contributed by atoms with Gasteiger partial charge in [-0.05, 0) is 38.1 Å². The average Bonchev–Trinajstić information content (AvgIpc) is 2.61. The second kappa shape index (κ2) is 8.92. The Labute approximate surface area is 162 Å². The van der Waals surface area contributed by atoms with Crippen molar-refractivity contribution in [3.8, 4) is 5.75 Å². The molecule has 0 heterocycles. The molecule has 26 heavy (non-hydrogen) atoms. The summed E-state index contributed by atoms with van der Waals surface area (Å²) in [6, 6.07) is 10.0. The lowest BCUT2D eigenvalue weighted by Crippen LogP contribution is -2.38. The Morgan fingerprint density at radius 2 is 1.85 bits per heavy atom. The van der Waals surface area contributed by atoms with E-state index < -0.39 is 5.91 Å². The molecule has 0 saturated carbocycles. The molecule has 0 fully saturated rings. The van der Waals surface area contributed by atoms with E-state index in [9.17, 15) is 9.59 Å². The summed E-state index contributed by atoms with van der Waals surface area (Å²) < 4.78 is 5.34. The van der Waals surface area contributed by atoms with Gasteiger partial charge in [-0.1, -0.05) is 40.9 Å². The predicted molar refractivity (Wildman–Crippen MR) is 103 cm³/mol. The molecule has 0 radical (unpaired) electrons. The molecule has 138 valence electrons. The van der Waals surface area contributed by atoms with Crippen molar-refractivity contribution < 1.29 is 14.3 Å². The molecule has 2 rings (SSSR count). The third kappa shape index (κ3) is 5.13. The van der Waals surface area contributed by atoms with Crippen molar-refractivity contribution in [1.29, 1.82) is 0 Å². The normalized spacial score (nSPS) is 11.6. The summed E-state index contributed by atoms with van der Waals surface area (Å²) in [6.07, 6.45) is 0. The van der Waals surface area contributed by atoms with Gasteiger partial charge < -0.3 is 15.4 Å². The number of carbonyl (C=O) groups excluding carboxylic acids is 2. The van der Waals surface area contributed by atoms with Crippen LogP contribution in [0.5, 0.6) is 5.75 Å². The predicted octanol–water partition coefficient (Wildman–Crippen LogP) is 3.92. The standard InChI is InChI=1S/C19H20Cl2N2O3/c1-11-4-7-17(26-3)14(8-11)12(2)23-18(24)10-22-19(25)13-5-6-15(20)16(21)9-13/h4-9,12H,10H2,1-3H3,(H,22,25)(H,23,24)/t12-/m0/s1. The lowest BCUT2D eigenvalue weighted by atomic mass is 10.0. The van der Waals surface area contributed by atoms with E-state index in [4.69, 9.17) is 27.9 Å². The zero-order valence-electron chi connectivity index (χ0n) is 14.7. The number of nitrogens with one attached hydrogen (secondary N) is 2. The maximum atomic E-state index is 12.2. The maximum Gasteiger partial charge on any atom is 0.251 e. The lowest BCUT2D eigenvalue weighted by molar-refractivity contribution is -0.120. The Balaban J connectivity index is 1.95. The van der Waals surface area contributed by atoms with Crippen LogP contribution in [0.25, 0.3) is 0 Å². The number of aryl methyl sites for hydroxylation is 1. The zero-order chi connectivity index (χ0) is 19.3. The van der Waals surface area contributed by atoms with Crippen LogP contribution in [-0.4, -0.2) is 25.5 Å². The molecule has 0 unspecified atom stereocenters. The van der Waals surface area contributed by atoms with Gasteiger partial charge >= 0.3 is 0 Å². The number of amides is 2. The van der Waals surface area contributed by atoms with Crippen molar-refractivity contribution in [1.82, 2.24) is 10.6 Å². The van der Waals surface area contributed by atoms with Gasteiger partial charge in [0.25, 0.3) is 5.91 Å². The molecule has 0 aliphatic heterocycles. The lowest BCUT2D eigenvalue weighted by Gasteiger charge is -2.18. The molecule has 2 amide bonds. The summed E-state index contributed by atoms with van der Waals surface area (Å²) in [5, 5.41) is 6.05. The second-order valence-electron chi connectivity index (χ2n) is 5.85. The topological polar surface area (TPSA) is 67.4 Å². The summed E-state index contributed by atoms with van der Waals surface area (Å²) in [5.74, 6) is -0.0165. The molecule has 0 aliphatic rings. The summed E-state index contributed by atoms with van der Waals surface area (Å²) in [5.41, 5.74) is 2.27. The second-order valence-corrected chi connectivity index (χ2v) is 6.66. The van der Waals surface area contributed by atoms with Crippen LogP contribution in [0.4, 0.5) is 0 Å². The van der Waals surface area contributed by atoms with Gasteiger partial charge in [0.15, 0.2) is 0 Å². The van der Waals surface area contributed by atoms with Crippen LogP contribution in [0.3, 0.4) is 0 Å². The van der Waals surface area contributed by atoms with Crippen LogP contribution in [-0.2, 0) is 4.79 Å². The minimum atomic E-state index is -0.403. The first-order chi connectivity index (χ1) is 12.3. The number of rotatable bonds is 6. The first-order valence-corrected chi connectivity index (χ1v) is 8.74. The molecule has 0 bridgehead atoms. The maximum absolute atomic E-state index is 12.2. The summed E-state index contributed by atoms with van der Waals surface area (Å²) in [6.45, 7) is 3.67. The monoisotopic (exact) mass is 394 g/mol. The van der Waals surface area contributed by atoms with E-state index in [1.54, 1.807) is 13.2 Å². The van der Waals surface area contributed by atoms with Crippen LogP contribution >= 0.6 is 23.2 Å². The molecule has 0 aliphatic carbocycles. The van der Waals surface area contributed by atoms with E-state index in [-0.39, 0.29) is 23.5 Å². The number of methoxy groups -OCH3 is 1. The first-order valence-electron chi connectivity index (χ1n) is 7.99. The van der Waals surface area contributed by atoms with Crippen molar-refractivity contribution in [2.45, 2.75) is 19.9 Å². The van der Waals surface area contributed by atoms with Crippen molar-refractivity contribution in [3.05, 3.63) is 63.1 Å². The highest BCUT2D eigenvalue weighted by Crippen LogP contribution is 2.26. The Bertz CT molecular complexity index is 824. The Morgan fingerprint density at radius 1 is 1.12 bits per heavy atom. The quantitative estimate of drug-likeness (QED) is 0.779. The van der Waals surface area contributed by atoms with Gasteiger partial charge in [-0.25, -0.2) is 0 Å². The molecule has 2 aromatic rings. The molecule has 0 spiro atoms. The van der Waals surface area contributed by atoms with Crippen molar-refractivity contribution in [3.63, 3.8) is 0 Å². The minimum absolute atomic E-state index is 0.155. The SMILES string of the molecule is COc1ccc(C)cc1[C@H](C)NC(=O)CNC(=O)c1ccc(Cl)c(Cl)c1. The molecular formula is C19H20Cl2N2O3. The van der Waals surface area contributed by atoms with E-state index in [2.05, 4.69) is 10.6 Å². The van der Waals surface area contributed by atoms with Gasteiger partial charge in [0, 0.05) is 11.1 Å². The van der Waals surface area contributed by atoms with E-state index in [0.29, 0.717) is 16.3 Å². The molecular weight excluding hydrogens is 375 g/mol. The van der Waals surface area contributed by atoms with E-state index in [0.717, 1.165) is 11.1 Å². The van der Waals surface area contributed by atoms with Gasteiger partial charge in [0.1, 0.15) is 5.75 Å². The van der Waals surface area contributed by atoms with Gasteiger partial charge in [-0.3, -0.25) is 9.59 Å². The fourth-order valence-electron chi connectivity index (χ4n) is 2.46. The highest BCUT2D eigenvalue weighted by atomic mass is 35.5. The van der Waals surface area contributed by atoms with Crippen LogP contribution in [0.2, 0.25) is 10.0 Å². The number of carbonyl (C=O) groups is 2. The van der Waals surface area contributed by atoms with Crippen molar-refractivity contribution in [2.24, 2.45) is 0 Å². The smallest absolute Gasteiger partial charge is 0.251 e. The minimum Gasteiger partial charge on any atom is -0.496 e. The number of ether oxygens (including phenoxy) is 1. The number of halogens is 2. The summed E-state index contributed by atoms with van der Waals surface area (Å²) in [4.78, 5) is 24.3. The van der Waals surface area contributed by atoms with Gasteiger partial charge in [-0.2, -0.15) is 0 Å². The number of benzene rings is 2. The third-order valence-electron chi connectivity index (χ3n) is 3.82. The molecule has 5 nitrogen and oxygen atoms in total. The molecule has 7 heteroatoms. The van der Waals surface area contributed by atoms with Gasteiger partial charge in [-0.15, -0.1) is 0 Å². The average molecular weight is 395 g/mol. The molecule has 0 saturated heterocycles. The number of hydrogen-bond acceptors (Lipinski definition) is 3. The van der Waals surface area contributed by atoms with Crippen molar-refractivity contribution >= 4 is 35.0 Å². The van der Waals surface area contributed by atoms with Crippen molar-refractivity contribution in [2.75, 3.05) is 13.7 Å². The molecule has 2 aromatic carbocycles. The molecule has 0 aromatic heterocycles. The Hall–Kier alpha value is -2.24. The van der Waals surface area contributed by atoms with Crippen LogP contribution in [0, 0.1) is 6.92 Å². The fraction of sp³-hybridized carbons (Fsp3) is 0.263.